The van der Waals surface area contributed by atoms with Crippen molar-refractivity contribution in [3.05, 3.63) is 71.3 Å². The fourth-order valence-electron chi connectivity index (χ4n) is 3.62. The molecule has 1 fully saturated rings. The van der Waals surface area contributed by atoms with Crippen LogP contribution >= 0.6 is 0 Å². The highest BCUT2D eigenvalue weighted by Crippen LogP contribution is 2.28. The van der Waals surface area contributed by atoms with Gasteiger partial charge in [-0.25, -0.2) is 10.3 Å². The zero-order valence-corrected chi connectivity index (χ0v) is 17.4. The number of hydroxylamine groups is 1. The summed E-state index contributed by atoms with van der Waals surface area (Å²) in [5, 5.41) is 20.9. The Hall–Kier alpha value is -3.34. The monoisotopic (exact) mass is 421 g/mol. The van der Waals surface area contributed by atoms with Crippen molar-refractivity contribution in [3.63, 3.8) is 0 Å². The number of aliphatic hydroxyl groups excluding tert-OH is 1. The first-order valence-electron chi connectivity index (χ1n) is 10.3. The van der Waals surface area contributed by atoms with Crippen molar-refractivity contribution in [1.29, 1.82) is 0 Å². The molecule has 2 aromatic carbocycles. The molecular formula is C24H27N3O4. The van der Waals surface area contributed by atoms with Gasteiger partial charge in [0.25, 0.3) is 5.91 Å². The van der Waals surface area contributed by atoms with E-state index in [2.05, 4.69) is 29.3 Å². The molecule has 0 aliphatic carbocycles. The van der Waals surface area contributed by atoms with Crippen molar-refractivity contribution >= 4 is 11.9 Å². The Morgan fingerprint density at radius 3 is 2.13 bits per heavy atom. The van der Waals surface area contributed by atoms with Crippen LogP contribution in [0.25, 0.3) is 0 Å². The Kier molecular flexibility index (Phi) is 7.65. The number of nitrogens with one attached hydrogen (secondary N) is 2. The van der Waals surface area contributed by atoms with Crippen molar-refractivity contribution in [3.8, 4) is 11.8 Å². The number of benzene rings is 2. The SMILES string of the molecule is C[C@@H](O)[C@H](NC(=O)N1CCC(c2ccc(C#Cc3ccccc3)cc2)CC1)C(=O)NO. The van der Waals surface area contributed by atoms with Gasteiger partial charge in [-0.15, -0.1) is 0 Å². The zero-order chi connectivity index (χ0) is 22.2. The molecule has 0 spiro atoms. The molecular weight excluding hydrogens is 394 g/mol. The van der Waals surface area contributed by atoms with Crippen LogP contribution in [0.5, 0.6) is 0 Å². The Morgan fingerprint density at radius 1 is 1.00 bits per heavy atom. The first-order valence-corrected chi connectivity index (χ1v) is 10.3. The van der Waals surface area contributed by atoms with Crippen LogP contribution in [0.1, 0.15) is 42.4 Å². The van der Waals surface area contributed by atoms with Crippen LogP contribution in [0.15, 0.2) is 54.6 Å². The minimum absolute atomic E-state index is 0.341. The summed E-state index contributed by atoms with van der Waals surface area (Å²) in [6.45, 7) is 2.46. The largest absolute Gasteiger partial charge is 0.391 e. The molecule has 7 nitrogen and oxygen atoms in total. The Balaban J connectivity index is 1.54. The van der Waals surface area contributed by atoms with Gasteiger partial charge in [-0.1, -0.05) is 42.2 Å². The van der Waals surface area contributed by atoms with Crippen LogP contribution in [-0.2, 0) is 4.79 Å². The maximum Gasteiger partial charge on any atom is 0.318 e. The van der Waals surface area contributed by atoms with E-state index in [0.29, 0.717) is 19.0 Å². The number of carbonyl (C=O) groups is 2. The van der Waals surface area contributed by atoms with Gasteiger partial charge in [0.05, 0.1) is 6.10 Å². The van der Waals surface area contributed by atoms with Crippen LogP contribution in [0.4, 0.5) is 4.79 Å². The molecule has 0 aromatic heterocycles. The minimum Gasteiger partial charge on any atom is -0.391 e. The number of likely N-dealkylation sites (tertiary alicyclic amines) is 1. The van der Waals surface area contributed by atoms with E-state index in [9.17, 15) is 14.7 Å². The molecule has 3 amide bonds. The summed E-state index contributed by atoms with van der Waals surface area (Å²) in [7, 11) is 0. The molecule has 0 bridgehead atoms. The lowest BCUT2D eigenvalue weighted by atomic mass is 9.89. The van der Waals surface area contributed by atoms with Crippen molar-refractivity contribution in [2.75, 3.05) is 13.1 Å². The summed E-state index contributed by atoms with van der Waals surface area (Å²) in [5.74, 6) is 5.81. The highest BCUT2D eigenvalue weighted by atomic mass is 16.5. The summed E-state index contributed by atoms with van der Waals surface area (Å²) >= 11 is 0. The van der Waals surface area contributed by atoms with Gasteiger partial charge < -0.3 is 15.3 Å². The Morgan fingerprint density at radius 2 is 1.58 bits per heavy atom. The Labute approximate surface area is 182 Å². The third-order valence-corrected chi connectivity index (χ3v) is 5.44. The van der Waals surface area contributed by atoms with Gasteiger partial charge in [0.15, 0.2) is 0 Å². The summed E-state index contributed by atoms with van der Waals surface area (Å²) in [6, 6.07) is 16.4. The number of aliphatic hydroxyl groups is 1. The molecule has 7 heteroatoms. The van der Waals surface area contributed by atoms with Crippen molar-refractivity contribution in [2.45, 2.75) is 37.8 Å². The van der Waals surface area contributed by atoms with Gasteiger partial charge in [-0.2, -0.15) is 0 Å². The lowest BCUT2D eigenvalue weighted by Crippen LogP contribution is -2.56. The van der Waals surface area contributed by atoms with E-state index in [1.807, 2.05) is 42.5 Å². The van der Waals surface area contributed by atoms with E-state index in [4.69, 9.17) is 5.21 Å². The van der Waals surface area contributed by atoms with E-state index in [1.54, 1.807) is 4.90 Å². The molecule has 2 aromatic rings. The summed E-state index contributed by atoms with van der Waals surface area (Å²) in [6.07, 6.45) is 0.472. The first-order chi connectivity index (χ1) is 15.0. The van der Waals surface area contributed by atoms with Gasteiger partial charge in [-0.3, -0.25) is 10.0 Å². The molecule has 0 radical (unpaired) electrons. The number of amides is 3. The molecule has 1 heterocycles. The van der Waals surface area contributed by atoms with Gasteiger partial charge in [0.1, 0.15) is 6.04 Å². The quantitative estimate of drug-likeness (QED) is 0.345. The van der Waals surface area contributed by atoms with Gasteiger partial charge in [0, 0.05) is 24.2 Å². The maximum absolute atomic E-state index is 12.4. The predicted octanol–water partition coefficient (Wildman–Crippen LogP) is 2.23. The third-order valence-electron chi connectivity index (χ3n) is 5.44. The highest BCUT2D eigenvalue weighted by molar-refractivity contribution is 5.86. The molecule has 162 valence electrons. The number of urea groups is 1. The number of hydrogen-bond acceptors (Lipinski definition) is 4. The molecule has 0 unspecified atom stereocenters. The fraction of sp³-hybridized carbons (Fsp3) is 0.333. The van der Waals surface area contributed by atoms with E-state index >= 15 is 0 Å². The van der Waals surface area contributed by atoms with Crippen LogP contribution in [0.3, 0.4) is 0 Å². The number of hydrogen-bond donors (Lipinski definition) is 4. The molecule has 1 saturated heterocycles. The second-order valence-electron chi connectivity index (χ2n) is 7.64. The van der Waals surface area contributed by atoms with E-state index in [1.165, 1.54) is 18.0 Å². The number of carbonyl (C=O) groups excluding carboxylic acids is 2. The predicted molar refractivity (Wildman–Crippen MR) is 116 cm³/mol. The van der Waals surface area contributed by atoms with Gasteiger partial charge >= 0.3 is 6.03 Å². The molecule has 2 atom stereocenters. The number of nitrogens with zero attached hydrogens (tertiary/aromatic N) is 1. The van der Waals surface area contributed by atoms with Crippen molar-refractivity contribution in [1.82, 2.24) is 15.7 Å². The topological polar surface area (TPSA) is 102 Å². The van der Waals surface area contributed by atoms with Crippen LogP contribution in [0.2, 0.25) is 0 Å². The van der Waals surface area contributed by atoms with Crippen LogP contribution < -0.4 is 10.8 Å². The Bertz CT molecular complexity index is 940. The lowest BCUT2D eigenvalue weighted by molar-refractivity contribution is -0.133. The normalized spacial score (nSPS) is 15.9. The molecule has 0 saturated carbocycles. The third kappa shape index (κ3) is 6.07. The summed E-state index contributed by atoms with van der Waals surface area (Å²) in [4.78, 5) is 25.7. The minimum atomic E-state index is -1.21. The van der Waals surface area contributed by atoms with Crippen molar-refractivity contribution < 1.29 is 19.9 Å². The zero-order valence-electron chi connectivity index (χ0n) is 17.4. The van der Waals surface area contributed by atoms with Gasteiger partial charge in [0.2, 0.25) is 0 Å². The smallest absolute Gasteiger partial charge is 0.318 e. The summed E-state index contributed by atoms with van der Waals surface area (Å²) < 4.78 is 0. The lowest BCUT2D eigenvalue weighted by Gasteiger charge is -2.33. The van der Waals surface area contributed by atoms with E-state index in [-0.39, 0.29) is 0 Å². The maximum atomic E-state index is 12.4. The molecule has 4 N–H and O–H groups in total. The van der Waals surface area contributed by atoms with E-state index in [0.717, 1.165) is 24.0 Å². The summed E-state index contributed by atoms with van der Waals surface area (Å²) in [5.41, 5.74) is 4.61. The van der Waals surface area contributed by atoms with Gasteiger partial charge in [-0.05, 0) is 55.5 Å². The van der Waals surface area contributed by atoms with Crippen LogP contribution in [-0.4, -0.2) is 52.4 Å². The van der Waals surface area contributed by atoms with Crippen molar-refractivity contribution in [2.24, 2.45) is 0 Å². The molecule has 1 aliphatic heterocycles. The molecule has 31 heavy (non-hydrogen) atoms. The second kappa shape index (κ2) is 10.6. The standard InChI is InChI=1S/C24H27N3O4/c1-17(28)22(23(29)26-31)25-24(30)27-15-13-21(14-16-27)20-11-9-19(10-12-20)8-7-18-5-3-2-4-6-18/h2-6,9-12,17,21-22,28,31H,13-16H2,1H3,(H,25,30)(H,26,29)/t17-,22+/m1/s1. The second-order valence-corrected chi connectivity index (χ2v) is 7.64. The highest BCUT2D eigenvalue weighted by Gasteiger charge is 2.29. The average molecular weight is 421 g/mol. The number of piperidine rings is 1. The molecule has 1 aliphatic rings. The van der Waals surface area contributed by atoms with E-state index < -0.39 is 24.1 Å². The fourth-order valence-corrected chi connectivity index (χ4v) is 3.62. The molecule has 3 rings (SSSR count). The average Bonchev–Trinajstić information content (AvgIpc) is 2.81. The number of rotatable bonds is 4. The van der Waals surface area contributed by atoms with Crippen LogP contribution in [0, 0.1) is 11.8 Å². The first kappa shape index (κ1) is 22.3.